The molecule has 7 nitrogen and oxygen atoms in total. The number of ether oxygens (including phenoxy) is 1. The Kier molecular flexibility index (Phi) is 7.05. The fourth-order valence-corrected chi connectivity index (χ4v) is 4.36. The van der Waals surface area contributed by atoms with Crippen molar-refractivity contribution in [2.45, 2.75) is 33.4 Å². The zero-order chi connectivity index (χ0) is 25.1. The van der Waals surface area contributed by atoms with Gasteiger partial charge < -0.3 is 15.0 Å². The minimum Gasteiger partial charge on any atom is -0.497 e. The Bertz CT molecular complexity index is 1260. The third-order valence-corrected chi connectivity index (χ3v) is 6.28. The molecule has 4 rings (SSSR count). The Morgan fingerprint density at radius 2 is 1.74 bits per heavy atom. The molecule has 0 bridgehead atoms. The van der Waals surface area contributed by atoms with Crippen LogP contribution >= 0.6 is 0 Å². The van der Waals surface area contributed by atoms with E-state index in [2.05, 4.69) is 5.32 Å². The fraction of sp³-hybridized carbons (Fsp3) is 0.321. The summed E-state index contributed by atoms with van der Waals surface area (Å²) in [5.74, 6) is 0.216. The normalized spacial score (nSPS) is 13.3. The van der Waals surface area contributed by atoms with Gasteiger partial charge in [0, 0.05) is 24.0 Å². The molecule has 1 heterocycles. The van der Waals surface area contributed by atoms with Gasteiger partial charge in [0.1, 0.15) is 18.3 Å². The summed E-state index contributed by atoms with van der Waals surface area (Å²) < 4.78 is 5.32. The summed E-state index contributed by atoms with van der Waals surface area (Å²) in [6, 6.07) is 18.0. The van der Waals surface area contributed by atoms with E-state index in [1.807, 2.05) is 68.4 Å². The molecular formula is C28H31N3O4. The van der Waals surface area contributed by atoms with Crippen molar-refractivity contribution < 1.29 is 19.1 Å². The molecule has 0 saturated carbocycles. The molecule has 1 atom stereocenters. The van der Waals surface area contributed by atoms with E-state index < -0.39 is 6.04 Å². The summed E-state index contributed by atoms with van der Waals surface area (Å²) >= 11 is 0. The zero-order valence-corrected chi connectivity index (χ0v) is 20.6. The second-order valence-corrected chi connectivity index (χ2v) is 9.26. The van der Waals surface area contributed by atoms with Crippen molar-refractivity contribution in [1.29, 1.82) is 0 Å². The maximum absolute atomic E-state index is 13.7. The monoisotopic (exact) mass is 473 g/mol. The van der Waals surface area contributed by atoms with Gasteiger partial charge in [-0.25, -0.2) is 0 Å². The third kappa shape index (κ3) is 4.99. The van der Waals surface area contributed by atoms with Crippen LogP contribution in [0, 0.1) is 5.92 Å². The second kappa shape index (κ2) is 10.2. The molecule has 182 valence electrons. The SMILES string of the molecule is COc1cccc(CN(C(=O)CN2C(=O)c3cccc4cccc2c34)C(C)C(=O)NCC(C)C)c1. The van der Waals surface area contributed by atoms with Crippen molar-refractivity contribution in [3.8, 4) is 5.75 Å². The third-order valence-electron chi connectivity index (χ3n) is 6.28. The first-order valence-electron chi connectivity index (χ1n) is 11.8. The number of benzene rings is 3. The van der Waals surface area contributed by atoms with Gasteiger partial charge in [0.05, 0.1) is 12.8 Å². The van der Waals surface area contributed by atoms with Crippen LogP contribution in [-0.2, 0) is 16.1 Å². The maximum Gasteiger partial charge on any atom is 0.259 e. The van der Waals surface area contributed by atoms with E-state index in [-0.39, 0.29) is 36.7 Å². The molecule has 0 radical (unpaired) electrons. The average Bonchev–Trinajstić information content (AvgIpc) is 3.13. The van der Waals surface area contributed by atoms with E-state index in [1.165, 1.54) is 9.80 Å². The molecule has 0 fully saturated rings. The Morgan fingerprint density at radius 3 is 2.46 bits per heavy atom. The quantitative estimate of drug-likeness (QED) is 0.510. The molecule has 1 unspecified atom stereocenters. The van der Waals surface area contributed by atoms with Crippen molar-refractivity contribution in [1.82, 2.24) is 10.2 Å². The Hall–Kier alpha value is -3.87. The Balaban J connectivity index is 1.61. The minimum absolute atomic E-state index is 0.154. The van der Waals surface area contributed by atoms with Crippen LogP contribution in [0.2, 0.25) is 0 Å². The highest BCUT2D eigenvalue weighted by Crippen LogP contribution is 2.37. The van der Waals surface area contributed by atoms with Gasteiger partial charge in [-0.3, -0.25) is 19.3 Å². The van der Waals surface area contributed by atoms with Crippen LogP contribution < -0.4 is 15.0 Å². The molecule has 3 aromatic carbocycles. The molecule has 0 spiro atoms. The summed E-state index contributed by atoms with van der Waals surface area (Å²) in [6.07, 6.45) is 0. The number of anilines is 1. The van der Waals surface area contributed by atoms with Gasteiger partial charge in [-0.2, -0.15) is 0 Å². The number of amides is 3. The summed E-state index contributed by atoms with van der Waals surface area (Å²) in [4.78, 5) is 42.9. The lowest BCUT2D eigenvalue weighted by Crippen LogP contribution is -2.51. The smallest absolute Gasteiger partial charge is 0.259 e. The largest absolute Gasteiger partial charge is 0.497 e. The van der Waals surface area contributed by atoms with Crippen LogP contribution in [0.15, 0.2) is 60.7 Å². The highest BCUT2D eigenvalue weighted by molar-refractivity contribution is 6.26. The molecule has 1 aliphatic rings. The fourth-order valence-electron chi connectivity index (χ4n) is 4.36. The topological polar surface area (TPSA) is 79.0 Å². The molecule has 0 aliphatic carbocycles. The molecule has 1 aliphatic heterocycles. The van der Waals surface area contributed by atoms with Gasteiger partial charge in [0.2, 0.25) is 11.8 Å². The first kappa shape index (κ1) is 24.3. The van der Waals surface area contributed by atoms with Crippen molar-refractivity contribution in [3.63, 3.8) is 0 Å². The minimum atomic E-state index is -0.719. The number of nitrogens with one attached hydrogen (secondary N) is 1. The number of hydrogen-bond donors (Lipinski definition) is 1. The van der Waals surface area contributed by atoms with Crippen LogP contribution in [0.3, 0.4) is 0 Å². The van der Waals surface area contributed by atoms with Gasteiger partial charge >= 0.3 is 0 Å². The molecule has 3 amide bonds. The lowest BCUT2D eigenvalue weighted by molar-refractivity contribution is -0.139. The first-order chi connectivity index (χ1) is 16.8. The van der Waals surface area contributed by atoms with E-state index >= 15 is 0 Å². The number of rotatable bonds is 9. The van der Waals surface area contributed by atoms with Gasteiger partial charge in [0.25, 0.3) is 5.91 Å². The summed E-state index contributed by atoms with van der Waals surface area (Å²) in [5, 5.41) is 4.73. The standard InChI is InChI=1S/C28H31N3O4/c1-18(2)15-29-27(33)19(3)30(16-20-8-5-11-22(14-20)35-4)25(32)17-31-24-13-7-10-21-9-6-12-23(26(21)24)28(31)34/h5-14,18-19H,15-17H2,1-4H3,(H,29,33). The Morgan fingerprint density at radius 1 is 1.03 bits per heavy atom. The van der Waals surface area contributed by atoms with Crippen LogP contribution in [0.25, 0.3) is 10.8 Å². The number of carbonyl (C=O) groups is 3. The zero-order valence-electron chi connectivity index (χ0n) is 20.6. The summed E-state index contributed by atoms with van der Waals surface area (Å²) in [6.45, 7) is 6.33. The highest BCUT2D eigenvalue weighted by Gasteiger charge is 2.34. The number of carbonyl (C=O) groups excluding carboxylic acids is 3. The predicted molar refractivity (Wildman–Crippen MR) is 136 cm³/mol. The van der Waals surface area contributed by atoms with Crippen LogP contribution in [0.5, 0.6) is 5.75 Å². The van der Waals surface area contributed by atoms with E-state index in [4.69, 9.17) is 4.74 Å². The molecule has 35 heavy (non-hydrogen) atoms. The van der Waals surface area contributed by atoms with Gasteiger partial charge in [-0.05, 0) is 48.1 Å². The lowest BCUT2D eigenvalue weighted by Gasteiger charge is -2.31. The van der Waals surface area contributed by atoms with Gasteiger partial charge in [0.15, 0.2) is 0 Å². The average molecular weight is 474 g/mol. The van der Waals surface area contributed by atoms with Gasteiger partial charge in [-0.1, -0.05) is 50.2 Å². The van der Waals surface area contributed by atoms with E-state index in [0.717, 1.165) is 22.0 Å². The van der Waals surface area contributed by atoms with Crippen molar-refractivity contribution in [3.05, 3.63) is 71.8 Å². The van der Waals surface area contributed by atoms with E-state index in [1.54, 1.807) is 20.1 Å². The van der Waals surface area contributed by atoms with E-state index in [0.29, 0.717) is 17.9 Å². The predicted octanol–water partition coefficient (Wildman–Crippen LogP) is 4.00. The molecule has 1 N–H and O–H groups in total. The van der Waals surface area contributed by atoms with Crippen molar-refractivity contribution in [2.24, 2.45) is 5.92 Å². The van der Waals surface area contributed by atoms with Gasteiger partial charge in [-0.15, -0.1) is 0 Å². The molecule has 0 saturated heterocycles. The molecule has 3 aromatic rings. The maximum atomic E-state index is 13.7. The highest BCUT2D eigenvalue weighted by atomic mass is 16.5. The van der Waals surface area contributed by atoms with Crippen LogP contribution in [-0.4, -0.2) is 48.9 Å². The second-order valence-electron chi connectivity index (χ2n) is 9.26. The van der Waals surface area contributed by atoms with Crippen LogP contribution in [0.1, 0.15) is 36.7 Å². The van der Waals surface area contributed by atoms with Crippen LogP contribution in [0.4, 0.5) is 5.69 Å². The lowest BCUT2D eigenvalue weighted by atomic mass is 10.1. The Labute approximate surface area is 205 Å². The first-order valence-corrected chi connectivity index (χ1v) is 11.8. The van der Waals surface area contributed by atoms with Crippen molar-refractivity contribution in [2.75, 3.05) is 25.1 Å². The summed E-state index contributed by atoms with van der Waals surface area (Å²) in [7, 11) is 1.58. The molecule has 7 heteroatoms. The molecule has 0 aromatic heterocycles. The number of nitrogens with zero attached hydrogens (tertiary/aromatic N) is 2. The molecular weight excluding hydrogens is 442 g/mol. The number of methoxy groups -OCH3 is 1. The summed E-state index contributed by atoms with van der Waals surface area (Å²) in [5.41, 5.74) is 2.14. The number of hydrogen-bond acceptors (Lipinski definition) is 4. The van der Waals surface area contributed by atoms with Crippen molar-refractivity contribution >= 4 is 34.2 Å². The van der Waals surface area contributed by atoms with E-state index in [9.17, 15) is 14.4 Å².